The van der Waals surface area contributed by atoms with Crippen molar-refractivity contribution in [1.29, 1.82) is 0 Å². The van der Waals surface area contributed by atoms with Gasteiger partial charge in [0.15, 0.2) is 0 Å². The fraction of sp³-hybridized carbons (Fsp3) is 0.533. The molecule has 1 atom stereocenters. The SMILES string of the molecule is NC(Cc1ccc(O)cc1)C(=O)OCCC1CCC1. The molecule has 104 valence electrons. The van der Waals surface area contributed by atoms with Crippen molar-refractivity contribution in [3.8, 4) is 5.75 Å². The highest BCUT2D eigenvalue weighted by Crippen LogP contribution is 2.29. The zero-order valence-corrected chi connectivity index (χ0v) is 11.0. The van der Waals surface area contributed by atoms with Crippen molar-refractivity contribution in [2.75, 3.05) is 6.61 Å². The Morgan fingerprint density at radius 3 is 2.63 bits per heavy atom. The van der Waals surface area contributed by atoms with Gasteiger partial charge in [0.1, 0.15) is 11.8 Å². The second-order valence-electron chi connectivity index (χ2n) is 5.23. The van der Waals surface area contributed by atoms with Crippen molar-refractivity contribution in [1.82, 2.24) is 0 Å². The van der Waals surface area contributed by atoms with Crippen molar-refractivity contribution in [3.63, 3.8) is 0 Å². The first-order valence-corrected chi connectivity index (χ1v) is 6.85. The van der Waals surface area contributed by atoms with Gasteiger partial charge >= 0.3 is 5.97 Å². The second kappa shape index (κ2) is 6.57. The van der Waals surface area contributed by atoms with Gasteiger partial charge in [-0.25, -0.2) is 0 Å². The van der Waals surface area contributed by atoms with Gasteiger partial charge in [0.05, 0.1) is 6.61 Å². The van der Waals surface area contributed by atoms with E-state index >= 15 is 0 Å². The van der Waals surface area contributed by atoms with E-state index in [1.54, 1.807) is 24.3 Å². The smallest absolute Gasteiger partial charge is 0.323 e. The zero-order valence-electron chi connectivity index (χ0n) is 11.0. The predicted molar refractivity (Wildman–Crippen MR) is 72.7 cm³/mol. The third kappa shape index (κ3) is 4.24. The molecule has 1 saturated carbocycles. The lowest BCUT2D eigenvalue weighted by atomic mass is 9.83. The van der Waals surface area contributed by atoms with Crippen molar-refractivity contribution >= 4 is 5.97 Å². The van der Waals surface area contributed by atoms with Gasteiger partial charge in [-0.2, -0.15) is 0 Å². The van der Waals surface area contributed by atoms with Crippen molar-refractivity contribution in [3.05, 3.63) is 29.8 Å². The highest BCUT2D eigenvalue weighted by atomic mass is 16.5. The molecule has 0 amide bonds. The van der Waals surface area contributed by atoms with Crippen molar-refractivity contribution in [2.45, 2.75) is 38.1 Å². The molecule has 1 unspecified atom stereocenters. The van der Waals surface area contributed by atoms with Gasteiger partial charge in [0, 0.05) is 0 Å². The van der Waals surface area contributed by atoms with E-state index in [0.29, 0.717) is 13.0 Å². The lowest BCUT2D eigenvalue weighted by Crippen LogP contribution is -2.34. The summed E-state index contributed by atoms with van der Waals surface area (Å²) < 4.78 is 5.19. The van der Waals surface area contributed by atoms with Crippen LogP contribution in [0, 0.1) is 5.92 Å². The number of rotatable bonds is 6. The molecule has 1 aromatic rings. The van der Waals surface area contributed by atoms with Crippen molar-refractivity contribution in [2.24, 2.45) is 11.7 Å². The molecule has 0 heterocycles. The summed E-state index contributed by atoms with van der Waals surface area (Å²) in [5.74, 6) is 0.605. The normalized spacial score (nSPS) is 16.7. The van der Waals surface area contributed by atoms with Gasteiger partial charge in [-0.3, -0.25) is 4.79 Å². The van der Waals surface area contributed by atoms with E-state index in [1.807, 2.05) is 0 Å². The molecule has 1 fully saturated rings. The van der Waals surface area contributed by atoms with Crippen LogP contribution in [0.2, 0.25) is 0 Å². The monoisotopic (exact) mass is 263 g/mol. The first-order chi connectivity index (χ1) is 9.15. The third-order valence-electron chi connectivity index (χ3n) is 3.69. The number of phenolic OH excluding ortho intramolecular Hbond substituents is 1. The lowest BCUT2D eigenvalue weighted by molar-refractivity contribution is -0.145. The van der Waals surface area contributed by atoms with Crippen LogP contribution in [0.25, 0.3) is 0 Å². The fourth-order valence-corrected chi connectivity index (χ4v) is 2.18. The van der Waals surface area contributed by atoms with Gasteiger partial charge < -0.3 is 15.6 Å². The van der Waals surface area contributed by atoms with Crippen LogP contribution in [0.15, 0.2) is 24.3 Å². The van der Waals surface area contributed by atoms with Gasteiger partial charge in [0.25, 0.3) is 0 Å². The maximum Gasteiger partial charge on any atom is 0.323 e. The summed E-state index contributed by atoms with van der Waals surface area (Å²) in [6.45, 7) is 0.479. The van der Waals surface area contributed by atoms with E-state index < -0.39 is 6.04 Å². The molecule has 0 bridgehead atoms. The maximum absolute atomic E-state index is 11.7. The summed E-state index contributed by atoms with van der Waals surface area (Å²) in [5.41, 5.74) is 6.73. The minimum absolute atomic E-state index is 0.209. The molecule has 4 heteroatoms. The summed E-state index contributed by atoms with van der Waals surface area (Å²) in [5, 5.41) is 9.17. The van der Waals surface area contributed by atoms with Gasteiger partial charge in [-0.15, -0.1) is 0 Å². The van der Waals surface area contributed by atoms with E-state index in [2.05, 4.69) is 0 Å². The number of ether oxygens (including phenoxy) is 1. The van der Waals surface area contributed by atoms with Crippen LogP contribution in [-0.4, -0.2) is 23.7 Å². The quantitative estimate of drug-likeness (QED) is 0.770. The van der Waals surface area contributed by atoms with Crippen LogP contribution in [0.1, 0.15) is 31.2 Å². The molecule has 0 saturated heterocycles. The number of hydrogen-bond acceptors (Lipinski definition) is 4. The zero-order chi connectivity index (χ0) is 13.7. The van der Waals surface area contributed by atoms with E-state index in [9.17, 15) is 9.90 Å². The Kier molecular flexibility index (Phi) is 4.80. The molecule has 19 heavy (non-hydrogen) atoms. The molecular weight excluding hydrogens is 242 g/mol. The summed E-state index contributed by atoms with van der Waals surface area (Å²) in [4.78, 5) is 11.7. The molecular formula is C15H21NO3. The minimum Gasteiger partial charge on any atom is -0.508 e. The Bertz CT molecular complexity index is 412. The summed E-state index contributed by atoms with van der Waals surface area (Å²) >= 11 is 0. The van der Waals surface area contributed by atoms with Crippen LogP contribution in [0.5, 0.6) is 5.75 Å². The minimum atomic E-state index is -0.633. The van der Waals surface area contributed by atoms with Crippen LogP contribution in [0.4, 0.5) is 0 Å². The summed E-state index contributed by atoms with van der Waals surface area (Å²) in [6, 6.07) is 6.06. The number of carbonyl (C=O) groups excluding carboxylic acids is 1. The molecule has 3 N–H and O–H groups in total. The molecule has 0 radical (unpaired) electrons. The second-order valence-corrected chi connectivity index (χ2v) is 5.23. The Hall–Kier alpha value is -1.55. The molecule has 0 spiro atoms. The van der Waals surface area contributed by atoms with Gasteiger partial charge in [-0.05, 0) is 36.5 Å². The van der Waals surface area contributed by atoms with E-state index in [-0.39, 0.29) is 11.7 Å². The lowest BCUT2D eigenvalue weighted by Gasteiger charge is -2.25. The van der Waals surface area contributed by atoms with Crippen LogP contribution in [0.3, 0.4) is 0 Å². The van der Waals surface area contributed by atoms with E-state index in [0.717, 1.165) is 17.9 Å². The number of hydrogen-bond donors (Lipinski definition) is 2. The summed E-state index contributed by atoms with van der Waals surface area (Å²) in [6.07, 6.45) is 5.22. The fourth-order valence-electron chi connectivity index (χ4n) is 2.18. The Morgan fingerprint density at radius 1 is 1.37 bits per heavy atom. The molecule has 1 aliphatic rings. The maximum atomic E-state index is 11.7. The Labute approximate surface area is 113 Å². The molecule has 2 rings (SSSR count). The van der Waals surface area contributed by atoms with Crippen LogP contribution >= 0.6 is 0 Å². The molecule has 1 aromatic carbocycles. The van der Waals surface area contributed by atoms with Gasteiger partial charge in [-0.1, -0.05) is 31.4 Å². The Morgan fingerprint density at radius 2 is 2.05 bits per heavy atom. The van der Waals surface area contributed by atoms with Gasteiger partial charge in [0.2, 0.25) is 0 Å². The number of esters is 1. The molecule has 1 aliphatic carbocycles. The van der Waals surface area contributed by atoms with E-state index in [1.165, 1.54) is 19.3 Å². The standard InChI is InChI=1S/C15H21NO3/c16-14(10-12-4-6-13(17)7-5-12)15(18)19-9-8-11-2-1-3-11/h4-7,11,14,17H,1-3,8-10,16H2. The molecule has 4 nitrogen and oxygen atoms in total. The predicted octanol–water partition coefficient (Wildman–Crippen LogP) is 2.00. The van der Waals surface area contributed by atoms with E-state index in [4.69, 9.17) is 10.5 Å². The average molecular weight is 263 g/mol. The first kappa shape index (κ1) is 13.9. The van der Waals surface area contributed by atoms with Crippen LogP contribution in [-0.2, 0) is 16.0 Å². The highest BCUT2D eigenvalue weighted by Gasteiger charge is 2.19. The highest BCUT2D eigenvalue weighted by molar-refractivity contribution is 5.75. The third-order valence-corrected chi connectivity index (χ3v) is 3.69. The topological polar surface area (TPSA) is 72.5 Å². The molecule has 0 aliphatic heterocycles. The van der Waals surface area contributed by atoms with Crippen LogP contribution < -0.4 is 5.73 Å². The van der Waals surface area contributed by atoms with Crippen molar-refractivity contribution < 1.29 is 14.6 Å². The number of nitrogens with two attached hydrogens (primary N) is 1. The Balaban J connectivity index is 1.70. The number of aromatic hydroxyl groups is 1. The number of carbonyl (C=O) groups is 1. The average Bonchev–Trinajstić information content (AvgIpc) is 2.35. The summed E-state index contributed by atoms with van der Waals surface area (Å²) in [7, 11) is 0. The largest absolute Gasteiger partial charge is 0.508 e. The number of phenols is 1. The first-order valence-electron chi connectivity index (χ1n) is 6.85. The number of benzene rings is 1. The molecule has 0 aromatic heterocycles.